The first-order chi connectivity index (χ1) is 11.4. The first kappa shape index (κ1) is 16.4. The molecule has 0 aliphatic carbocycles. The van der Waals surface area contributed by atoms with Gasteiger partial charge >= 0.3 is 5.69 Å². The number of H-pyrrole nitrogens is 1. The highest BCUT2D eigenvalue weighted by molar-refractivity contribution is 5.97. The second kappa shape index (κ2) is 5.90. The highest BCUT2D eigenvalue weighted by Crippen LogP contribution is 2.29. The van der Waals surface area contributed by atoms with Crippen LogP contribution in [0.25, 0.3) is 10.9 Å². The van der Waals surface area contributed by atoms with Gasteiger partial charge in [-0.2, -0.15) is 0 Å². The summed E-state index contributed by atoms with van der Waals surface area (Å²) in [5, 5.41) is 0.404. The first-order valence-electron chi connectivity index (χ1n) is 8.15. The quantitative estimate of drug-likeness (QED) is 0.856. The first-order valence-corrected chi connectivity index (χ1v) is 8.15. The lowest BCUT2D eigenvalue weighted by molar-refractivity contribution is 0.0777. The Bertz CT molecular complexity index is 914. The summed E-state index contributed by atoms with van der Waals surface area (Å²) in [5.41, 5.74) is 5.80. The summed E-state index contributed by atoms with van der Waals surface area (Å²) < 4.78 is 1.14. The third-order valence-corrected chi connectivity index (χ3v) is 4.88. The maximum absolute atomic E-state index is 12.7. The zero-order valence-electron chi connectivity index (χ0n) is 14.0. The van der Waals surface area contributed by atoms with Gasteiger partial charge in [0.1, 0.15) is 0 Å². The number of amides is 1. The fourth-order valence-electron chi connectivity index (χ4n) is 3.22. The van der Waals surface area contributed by atoms with E-state index in [1.165, 1.54) is 0 Å². The van der Waals surface area contributed by atoms with Gasteiger partial charge in [-0.25, -0.2) is 4.79 Å². The zero-order valence-corrected chi connectivity index (χ0v) is 14.0. The van der Waals surface area contributed by atoms with Gasteiger partial charge in [0.15, 0.2) is 0 Å². The second-order valence-electron chi connectivity index (χ2n) is 6.73. The van der Waals surface area contributed by atoms with E-state index < -0.39 is 5.69 Å². The van der Waals surface area contributed by atoms with Crippen LogP contribution < -0.4 is 17.0 Å². The van der Waals surface area contributed by atoms with E-state index in [9.17, 15) is 14.4 Å². The van der Waals surface area contributed by atoms with Crippen molar-refractivity contribution in [3.63, 3.8) is 0 Å². The Morgan fingerprint density at radius 3 is 2.75 bits per heavy atom. The topological polar surface area (TPSA) is 101 Å². The number of aromatic amines is 1. The van der Waals surface area contributed by atoms with Crippen molar-refractivity contribution in [2.24, 2.45) is 11.1 Å². The van der Waals surface area contributed by atoms with Crippen molar-refractivity contribution in [3.8, 4) is 0 Å². The largest absolute Gasteiger partial charge is 0.338 e. The predicted octanol–water partition coefficient (Wildman–Crippen LogP) is 0.521. The Morgan fingerprint density at radius 1 is 1.38 bits per heavy atom. The summed E-state index contributed by atoms with van der Waals surface area (Å²) >= 11 is 0. The van der Waals surface area contributed by atoms with Crippen molar-refractivity contribution in [2.75, 3.05) is 19.6 Å². The number of nitrogens with zero attached hydrogens (tertiary/aromatic N) is 2. The van der Waals surface area contributed by atoms with Crippen LogP contribution in [-0.2, 0) is 6.54 Å². The third-order valence-electron chi connectivity index (χ3n) is 4.88. The number of fused-ring (bicyclic) bond motifs is 1. The van der Waals surface area contributed by atoms with E-state index in [1.54, 1.807) is 30.0 Å². The lowest BCUT2D eigenvalue weighted by atomic mass is 9.90. The minimum atomic E-state index is -0.462. The number of hydrogen-bond acceptors (Lipinski definition) is 4. The van der Waals surface area contributed by atoms with Crippen LogP contribution in [0.3, 0.4) is 0 Å². The van der Waals surface area contributed by atoms with Gasteiger partial charge in [-0.3, -0.25) is 14.2 Å². The van der Waals surface area contributed by atoms with Crippen molar-refractivity contribution in [2.45, 2.75) is 26.8 Å². The summed E-state index contributed by atoms with van der Waals surface area (Å²) in [5.74, 6) is -0.102. The molecule has 0 spiro atoms. The van der Waals surface area contributed by atoms with Crippen LogP contribution in [0.15, 0.2) is 27.8 Å². The van der Waals surface area contributed by atoms with Crippen LogP contribution >= 0.6 is 0 Å². The van der Waals surface area contributed by atoms with Gasteiger partial charge in [-0.1, -0.05) is 6.92 Å². The molecule has 24 heavy (non-hydrogen) atoms. The average Bonchev–Trinajstić information content (AvgIpc) is 2.97. The lowest BCUT2D eigenvalue weighted by Gasteiger charge is -2.22. The molecular formula is C17H22N4O3. The number of benzene rings is 1. The van der Waals surface area contributed by atoms with Crippen LogP contribution in [0.4, 0.5) is 0 Å². The van der Waals surface area contributed by atoms with Gasteiger partial charge in [0, 0.05) is 25.2 Å². The summed E-state index contributed by atoms with van der Waals surface area (Å²) in [6, 6.07) is 4.83. The van der Waals surface area contributed by atoms with E-state index in [0.29, 0.717) is 42.6 Å². The number of carbonyl (C=O) groups excluding carboxylic acids is 1. The summed E-state index contributed by atoms with van der Waals surface area (Å²) in [4.78, 5) is 41.4. The number of aromatic nitrogens is 2. The molecule has 1 aliphatic rings. The Kier molecular flexibility index (Phi) is 4.04. The molecule has 3 N–H and O–H groups in total. The SMILES string of the molecule is CCn1c(=O)[nH]c2cc(C(=O)N3CCC(C)(CN)C3)ccc2c1=O. The van der Waals surface area contributed by atoms with E-state index in [0.717, 1.165) is 11.0 Å². The fourth-order valence-corrected chi connectivity index (χ4v) is 3.22. The molecule has 3 rings (SSSR count). The molecule has 1 amide bonds. The number of rotatable bonds is 3. The molecule has 1 atom stereocenters. The predicted molar refractivity (Wildman–Crippen MR) is 92.2 cm³/mol. The molecule has 1 aromatic carbocycles. The van der Waals surface area contributed by atoms with Crippen molar-refractivity contribution >= 4 is 16.8 Å². The minimum Gasteiger partial charge on any atom is -0.338 e. The number of nitrogens with one attached hydrogen (secondary N) is 1. The van der Waals surface area contributed by atoms with Crippen molar-refractivity contribution in [3.05, 3.63) is 44.6 Å². The number of hydrogen-bond donors (Lipinski definition) is 2. The molecule has 128 valence electrons. The smallest absolute Gasteiger partial charge is 0.328 e. The standard InChI is InChI=1S/C17H22N4O3/c1-3-21-15(23)12-5-4-11(8-13(12)19-16(21)24)14(22)20-7-6-17(2,9-18)10-20/h4-5,8H,3,6-7,9-10,18H2,1-2H3,(H,19,24). The van der Waals surface area contributed by atoms with Crippen molar-refractivity contribution in [1.82, 2.24) is 14.5 Å². The molecule has 7 nitrogen and oxygen atoms in total. The van der Waals surface area contributed by atoms with Crippen LogP contribution in [0.2, 0.25) is 0 Å². The summed E-state index contributed by atoms with van der Waals surface area (Å²) in [6.45, 7) is 5.94. The van der Waals surface area contributed by atoms with Crippen LogP contribution in [-0.4, -0.2) is 40.0 Å². The Balaban J connectivity index is 1.99. The number of carbonyl (C=O) groups is 1. The lowest BCUT2D eigenvalue weighted by Crippen LogP contribution is -2.35. The molecule has 7 heteroatoms. The van der Waals surface area contributed by atoms with E-state index in [4.69, 9.17) is 5.73 Å². The van der Waals surface area contributed by atoms with E-state index in [1.807, 2.05) is 0 Å². The molecule has 0 bridgehead atoms. The molecule has 1 aromatic heterocycles. The molecule has 0 radical (unpaired) electrons. The highest BCUT2D eigenvalue weighted by Gasteiger charge is 2.35. The van der Waals surface area contributed by atoms with Crippen molar-refractivity contribution < 1.29 is 4.79 Å². The Morgan fingerprint density at radius 2 is 2.12 bits per heavy atom. The zero-order chi connectivity index (χ0) is 17.5. The van der Waals surface area contributed by atoms with E-state index >= 15 is 0 Å². The molecule has 1 aliphatic heterocycles. The number of likely N-dealkylation sites (tertiary alicyclic amines) is 1. The van der Waals surface area contributed by atoms with E-state index in [-0.39, 0.29) is 16.9 Å². The average molecular weight is 330 g/mol. The van der Waals surface area contributed by atoms with Gasteiger partial charge in [-0.05, 0) is 43.5 Å². The normalized spacial score (nSPS) is 20.7. The van der Waals surface area contributed by atoms with Gasteiger partial charge < -0.3 is 15.6 Å². The molecular weight excluding hydrogens is 308 g/mol. The molecule has 1 unspecified atom stereocenters. The summed E-state index contributed by atoms with van der Waals surface area (Å²) in [6.07, 6.45) is 0.876. The van der Waals surface area contributed by atoms with Gasteiger partial charge in [-0.15, -0.1) is 0 Å². The maximum Gasteiger partial charge on any atom is 0.328 e. The highest BCUT2D eigenvalue weighted by atomic mass is 16.2. The fraction of sp³-hybridized carbons (Fsp3) is 0.471. The van der Waals surface area contributed by atoms with Crippen LogP contribution in [0.1, 0.15) is 30.6 Å². The van der Waals surface area contributed by atoms with Gasteiger partial charge in [0.05, 0.1) is 10.9 Å². The molecule has 1 saturated heterocycles. The van der Waals surface area contributed by atoms with Gasteiger partial charge in [0.2, 0.25) is 0 Å². The monoisotopic (exact) mass is 330 g/mol. The van der Waals surface area contributed by atoms with Crippen LogP contribution in [0.5, 0.6) is 0 Å². The minimum absolute atomic E-state index is 0.0460. The molecule has 2 aromatic rings. The van der Waals surface area contributed by atoms with Crippen LogP contribution in [0, 0.1) is 5.41 Å². The number of nitrogens with two attached hydrogens (primary N) is 1. The van der Waals surface area contributed by atoms with Gasteiger partial charge in [0.25, 0.3) is 11.5 Å². The molecule has 1 fully saturated rings. The Labute approximate surface area is 139 Å². The third kappa shape index (κ3) is 2.65. The Hall–Kier alpha value is -2.41. The molecule has 2 heterocycles. The maximum atomic E-state index is 12.7. The summed E-state index contributed by atoms with van der Waals surface area (Å²) in [7, 11) is 0. The van der Waals surface area contributed by atoms with E-state index in [2.05, 4.69) is 11.9 Å². The van der Waals surface area contributed by atoms with Crippen molar-refractivity contribution in [1.29, 1.82) is 0 Å². The second-order valence-corrected chi connectivity index (χ2v) is 6.73. The molecule has 0 saturated carbocycles.